The number of hydrogen-bond acceptors (Lipinski definition) is 5. The molecule has 7 nitrogen and oxygen atoms in total. The van der Waals surface area contributed by atoms with Crippen molar-refractivity contribution in [2.45, 2.75) is 19.6 Å². The summed E-state index contributed by atoms with van der Waals surface area (Å²) >= 11 is 0. The van der Waals surface area contributed by atoms with Gasteiger partial charge in [0.05, 0.1) is 18.8 Å². The van der Waals surface area contributed by atoms with Gasteiger partial charge >= 0.3 is 0 Å². The zero-order chi connectivity index (χ0) is 15.4. The molecular weight excluding hydrogens is 282 g/mol. The van der Waals surface area contributed by atoms with E-state index < -0.39 is 0 Å². The highest BCUT2D eigenvalue weighted by atomic mass is 16.5. The smallest absolute Gasteiger partial charge is 0.249 e. The van der Waals surface area contributed by atoms with Crippen LogP contribution in [0.25, 0.3) is 0 Å². The van der Waals surface area contributed by atoms with Gasteiger partial charge in [-0.1, -0.05) is 6.07 Å². The Morgan fingerprint density at radius 1 is 1.41 bits per heavy atom. The van der Waals surface area contributed by atoms with E-state index in [9.17, 15) is 4.79 Å². The van der Waals surface area contributed by atoms with Crippen LogP contribution >= 0.6 is 0 Å². The Bertz CT molecular complexity index is 641. The van der Waals surface area contributed by atoms with E-state index in [1.165, 1.54) is 7.11 Å². The number of fused-ring (bicyclic) bond motifs is 1. The van der Waals surface area contributed by atoms with E-state index in [-0.39, 0.29) is 12.5 Å². The van der Waals surface area contributed by atoms with Crippen molar-refractivity contribution in [1.82, 2.24) is 19.4 Å². The number of pyridine rings is 1. The quantitative estimate of drug-likeness (QED) is 0.887. The van der Waals surface area contributed by atoms with Gasteiger partial charge < -0.3 is 19.5 Å². The fourth-order valence-corrected chi connectivity index (χ4v) is 2.47. The Morgan fingerprint density at radius 3 is 3.09 bits per heavy atom. The lowest BCUT2D eigenvalue weighted by Gasteiger charge is -2.27. The average Bonchev–Trinajstić information content (AvgIpc) is 2.96. The number of imidazole rings is 1. The van der Waals surface area contributed by atoms with Gasteiger partial charge in [-0.2, -0.15) is 0 Å². The number of anilines is 1. The second-order valence-corrected chi connectivity index (χ2v) is 5.16. The number of nitrogens with zero attached hydrogens (tertiary/aromatic N) is 4. The molecule has 3 rings (SSSR count). The van der Waals surface area contributed by atoms with Gasteiger partial charge in [-0.05, 0) is 12.1 Å². The number of aromatic nitrogens is 3. The normalized spacial score (nSPS) is 13.8. The maximum absolute atomic E-state index is 11.9. The van der Waals surface area contributed by atoms with Crippen LogP contribution in [0, 0.1) is 0 Å². The van der Waals surface area contributed by atoms with E-state index >= 15 is 0 Å². The molecule has 0 aliphatic carbocycles. The fourth-order valence-electron chi connectivity index (χ4n) is 2.47. The van der Waals surface area contributed by atoms with Gasteiger partial charge in [0.2, 0.25) is 5.91 Å². The molecule has 7 heteroatoms. The number of carbonyl (C=O) groups excluding carboxylic acids is 1. The molecule has 2 aromatic heterocycles. The molecule has 2 aromatic rings. The number of hydrogen-bond donors (Lipinski definition) is 1. The summed E-state index contributed by atoms with van der Waals surface area (Å²) in [6.45, 7) is 2.73. The molecule has 22 heavy (non-hydrogen) atoms. The first-order valence-electron chi connectivity index (χ1n) is 7.23. The zero-order valence-corrected chi connectivity index (χ0v) is 12.5. The Labute approximate surface area is 128 Å². The van der Waals surface area contributed by atoms with Crippen molar-refractivity contribution in [3.63, 3.8) is 0 Å². The molecular formula is C15H19N5O2. The summed E-state index contributed by atoms with van der Waals surface area (Å²) in [4.78, 5) is 22.5. The van der Waals surface area contributed by atoms with Crippen LogP contribution in [0.2, 0.25) is 0 Å². The van der Waals surface area contributed by atoms with E-state index in [4.69, 9.17) is 4.74 Å². The van der Waals surface area contributed by atoms with Crippen LogP contribution in [-0.2, 0) is 29.2 Å². The zero-order valence-electron chi connectivity index (χ0n) is 12.5. The molecule has 3 heterocycles. The summed E-state index contributed by atoms with van der Waals surface area (Å²) in [6, 6.07) is 5.74. The maximum Gasteiger partial charge on any atom is 0.249 e. The molecule has 0 bridgehead atoms. The molecule has 1 N–H and O–H groups in total. The minimum Gasteiger partial charge on any atom is -0.375 e. The van der Waals surface area contributed by atoms with Crippen LogP contribution in [0.1, 0.15) is 11.5 Å². The summed E-state index contributed by atoms with van der Waals surface area (Å²) in [5.74, 6) is 1.74. The first-order valence-corrected chi connectivity index (χ1v) is 7.23. The van der Waals surface area contributed by atoms with Crippen LogP contribution in [-0.4, -0.2) is 45.6 Å². The highest BCUT2D eigenvalue weighted by Gasteiger charge is 2.22. The van der Waals surface area contributed by atoms with Crippen molar-refractivity contribution in [1.29, 1.82) is 0 Å². The third-order valence-corrected chi connectivity index (χ3v) is 3.59. The van der Waals surface area contributed by atoms with Crippen molar-refractivity contribution >= 4 is 11.7 Å². The summed E-state index contributed by atoms with van der Waals surface area (Å²) in [5, 5.41) is 3.24. The number of amides is 1. The van der Waals surface area contributed by atoms with Crippen molar-refractivity contribution < 1.29 is 9.53 Å². The van der Waals surface area contributed by atoms with Gasteiger partial charge in [-0.25, -0.2) is 9.97 Å². The largest absolute Gasteiger partial charge is 0.375 e. The molecule has 0 aromatic carbocycles. The Balaban J connectivity index is 1.62. The highest BCUT2D eigenvalue weighted by molar-refractivity contribution is 5.77. The second-order valence-electron chi connectivity index (χ2n) is 5.16. The molecule has 0 unspecified atom stereocenters. The van der Waals surface area contributed by atoms with Crippen LogP contribution in [0.5, 0.6) is 0 Å². The van der Waals surface area contributed by atoms with Crippen LogP contribution < -0.4 is 5.32 Å². The summed E-state index contributed by atoms with van der Waals surface area (Å²) < 4.78 is 7.01. The van der Waals surface area contributed by atoms with Crippen molar-refractivity contribution in [3.8, 4) is 0 Å². The SMILES string of the molecule is COCC(=O)N1CCn2cc(CNc3ccccn3)nc2C1. The van der Waals surface area contributed by atoms with Crippen LogP contribution in [0.4, 0.5) is 5.82 Å². The van der Waals surface area contributed by atoms with E-state index in [1.54, 1.807) is 11.1 Å². The molecule has 0 atom stereocenters. The first kappa shape index (κ1) is 14.5. The van der Waals surface area contributed by atoms with E-state index in [0.29, 0.717) is 19.6 Å². The molecule has 1 aliphatic rings. The van der Waals surface area contributed by atoms with Gasteiger partial charge in [-0.3, -0.25) is 4.79 Å². The van der Waals surface area contributed by atoms with Gasteiger partial charge in [0, 0.05) is 32.6 Å². The van der Waals surface area contributed by atoms with E-state index in [1.807, 2.05) is 24.4 Å². The Kier molecular flexibility index (Phi) is 4.34. The molecule has 0 fully saturated rings. The van der Waals surface area contributed by atoms with Crippen molar-refractivity contribution in [2.24, 2.45) is 0 Å². The minimum absolute atomic E-state index is 0.00455. The maximum atomic E-state index is 11.9. The molecule has 0 saturated carbocycles. The number of rotatable bonds is 5. The molecule has 0 saturated heterocycles. The van der Waals surface area contributed by atoms with Gasteiger partial charge in [0.1, 0.15) is 18.2 Å². The monoisotopic (exact) mass is 301 g/mol. The van der Waals surface area contributed by atoms with Crippen molar-refractivity contribution in [2.75, 3.05) is 25.6 Å². The fraction of sp³-hybridized carbons (Fsp3) is 0.400. The molecule has 0 spiro atoms. The first-order chi connectivity index (χ1) is 10.8. The lowest BCUT2D eigenvalue weighted by atomic mass is 10.3. The molecule has 116 valence electrons. The predicted molar refractivity (Wildman–Crippen MR) is 81.1 cm³/mol. The summed E-state index contributed by atoms with van der Waals surface area (Å²) in [6.07, 6.45) is 3.78. The minimum atomic E-state index is 0.00455. The Hall–Kier alpha value is -2.41. The molecule has 0 radical (unpaired) electrons. The number of ether oxygens (including phenoxy) is 1. The lowest BCUT2D eigenvalue weighted by Crippen LogP contribution is -2.40. The molecule has 1 aliphatic heterocycles. The van der Waals surface area contributed by atoms with E-state index in [0.717, 1.165) is 23.9 Å². The standard InChI is InChI=1S/C15H19N5O2/c1-22-11-15(21)20-7-6-19-9-12(18-14(19)10-20)8-17-13-4-2-3-5-16-13/h2-5,9H,6-8,10-11H2,1H3,(H,16,17). The molecule has 1 amide bonds. The summed E-state index contributed by atoms with van der Waals surface area (Å²) in [7, 11) is 1.53. The topological polar surface area (TPSA) is 72.3 Å². The predicted octanol–water partition coefficient (Wildman–Crippen LogP) is 0.879. The number of methoxy groups -OCH3 is 1. The number of carbonyl (C=O) groups is 1. The highest BCUT2D eigenvalue weighted by Crippen LogP contribution is 2.14. The summed E-state index contributed by atoms with van der Waals surface area (Å²) in [5.41, 5.74) is 0.946. The van der Waals surface area contributed by atoms with Crippen LogP contribution in [0.3, 0.4) is 0 Å². The van der Waals surface area contributed by atoms with E-state index in [2.05, 4.69) is 19.9 Å². The second kappa shape index (κ2) is 6.57. The van der Waals surface area contributed by atoms with Crippen molar-refractivity contribution in [3.05, 3.63) is 42.1 Å². The lowest BCUT2D eigenvalue weighted by molar-refractivity contribution is -0.136. The Morgan fingerprint density at radius 2 is 2.32 bits per heavy atom. The number of nitrogens with one attached hydrogen (secondary N) is 1. The third-order valence-electron chi connectivity index (χ3n) is 3.59. The van der Waals surface area contributed by atoms with Gasteiger partial charge in [0.25, 0.3) is 0 Å². The average molecular weight is 301 g/mol. The van der Waals surface area contributed by atoms with Gasteiger partial charge in [-0.15, -0.1) is 0 Å². The van der Waals surface area contributed by atoms with Crippen LogP contribution in [0.15, 0.2) is 30.6 Å². The third kappa shape index (κ3) is 3.25. The van der Waals surface area contributed by atoms with Gasteiger partial charge in [0.15, 0.2) is 0 Å².